The van der Waals surface area contributed by atoms with Gasteiger partial charge in [0.15, 0.2) is 0 Å². The van der Waals surface area contributed by atoms with Gasteiger partial charge in [0.25, 0.3) is 5.91 Å². The van der Waals surface area contributed by atoms with E-state index >= 15 is 0 Å². The topological polar surface area (TPSA) is 49.3 Å². The van der Waals surface area contributed by atoms with E-state index in [1.165, 1.54) is 0 Å². The molecule has 1 unspecified atom stereocenters. The maximum Gasteiger partial charge on any atom is 0.254 e. The standard InChI is InChI=1S/C24H28N4O/c1-5-23(22-11-6-7-14-25-22)28(4)24(29)20-10-8-9-19(15-20)21-13-12-18(16-26-21)17-27(2)3/h6-16,23H,5,17H2,1-4H3. The maximum atomic E-state index is 13.1. The summed E-state index contributed by atoms with van der Waals surface area (Å²) in [4.78, 5) is 26.0. The molecule has 0 aliphatic carbocycles. The molecule has 5 nitrogen and oxygen atoms in total. The predicted molar refractivity (Wildman–Crippen MR) is 116 cm³/mol. The van der Waals surface area contributed by atoms with Crippen LogP contribution in [0, 0.1) is 0 Å². The van der Waals surface area contributed by atoms with Crippen molar-refractivity contribution >= 4 is 5.91 Å². The van der Waals surface area contributed by atoms with E-state index in [2.05, 4.69) is 27.9 Å². The van der Waals surface area contributed by atoms with Crippen molar-refractivity contribution in [2.45, 2.75) is 25.9 Å². The van der Waals surface area contributed by atoms with Crippen molar-refractivity contribution in [1.82, 2.24) is 19.8 Å². The van der Waals surface area contributed by atoms with Gasteiger partial charge in [-0.1, -0.05) is 31.2 Å². The summed E-state index contributed by atoms with van der Waals surface area (Å²) in [7, 11) is 5.91. The molecule has 5 heteroatoms. The predicted octanol–water partition coefficient (Wildman–Crippen LogP) is 4.43. The summed E-state index contributed by atoms with van der Waals surface area (Å²) in [6.45, 7) is 2.92. The van der Waals surface area contributed by atoms with Crippen LogP contribution in [-0.2, 0) is 6.54 Å². The molecule has 0 aliphatic heterocycles. The fraction of sp³-hybridized carbons (Fsp3) is 0.292. The van der Waals surface area contributed by atoms with E-state index in [-0.39, 0.29) is 11.9 Å². The van der Waals surface area contributed by atoms with Crippen LogP contribution in [0.3, 0.4) is 0 Å². The summed E-state index contributed by atoms with van der Waals surface area (Å²) < 4.78 is 0. The third kappa shape index (κ3) is 5.06. The van der Waals surface area contributed by atoms with Crippen LogP contribution >= 0.6 is 0 Å². The molecule has 0 spiro atoms. The number of benzene rings is 1. The average molecular weight is 389 g/mol. The van der Waals surface area contributed by atoms with Crippen molar-refractivity contribution in [2.24, 2.45) is 0 Å². The Kier molecular flexibility index (Phi) is 6.73. The fourth-order valence-corrected chi connectivity index (χ4v) is 3.47. The lowest BCUT2D eigenvalue weighted by Gasteiger charge is -2.27. The minimum absolute atomic E-state index is 0.0198. The van der Waals surface area contributed by atoms with Crippen LogP contribution in [0.2, 0.25) is 0 Å². The maximum absolute atomic E-state index is 13.1. The molecule has 3 aromatic rings. The van der Waals surface area contributed by atoms with E-state index in [0.29, 0.717) is 5.56 Å². The Labute approximate surface area is 173 Å². The van der Waals surface area contributed by atoms with Crippen molar-refractivity contribution in [2.75, 3.05) is 21.1 Å². The highest BCUT2D eigenvalue weighted by atomic mass is 16.2. The summed E-state index contributed by atoms with van der Waals surface area (Å²) >= 11 is 0. The molecule has 0 N–H and O–H groups in total. The van der Waals surface area contributed by atoms with Gasteiger partial charge in [0.1, 0.15) is 0 Å². The summed E-state index contributed by atoms with van der Waals surface area (Å²) in [6, 6.07) is 17.5. The molecule has 1 aromatic carbocycles. The number of hydrogen-bond acceptors (Lipinski definition) is 4. The van der Waals surface area contributed by atoms with E-state index < -0.39 is 0 Å². The molecule has 0 radical (unpaired) electrons. The minimum Gasteiger partial charge on any atom is -0.333 e. The van der Waals surface area contributed by atoms with Crippen molar-refractivity contribution in [3.05, 3.63) is 83.8 Å². The summed E-state index contributed by atoms with van der Waals surface area (Å²) in [6.07, 6.45) is 4.46. The van der Waals surface area contributed by atoms with Gasteiger partial charge in [-0.05, 0) is 56.4 Å². The highest BCUT2D eigenvalue weighted by molar-refractivity contribution is 5.95. The van der Waals surface area contributed by atoms with Crippen molar-refractivity contribution in [1.29, 1.82) is 0 Å². The largest absolute Gasteiger partial charge is 0.333 e. The number of carbonyl (C=O) groups is 1. The number of carbonyl (C=O) groups excluding carboxylic acids is 1. The molecule has 2 heterocycles. The second-order valence-electron chi connectivity index (χ2n) is 7.46. The molecule has 3 rings (SSSR count). The molecule has 1 amide bonds. The van der Waals surface area contributed by atoms with Crippen LogP contribution in [0.5, 0.6) is 0 Å². The van der Waals surface area contributed by atoms with Crippen LogP contribution in [0.25, 0.3) is 11.3 Å². The third-order valence-corrected chi connectivity index (χ3v) is 4.93. The highest BCUT2D eigenvalue weighted by Crippen LogP contribution is 2.25. The summed E-state index contributed by atoms with van der Waals surface area (Å²) in [5.41, 5.74) is 4.51. The molecular weight excluding hydrogens is 360 g/mol. The zero-order chi connectivity index (χ0) is 20.8. The van der Waals surface area contributed by atoms with Gasteiger partial charge in [-0.15, -0.1) is 0 Å². The Morgan fingerprint density at radius 1 is 1.00 bits per heavy atom. The van der Waals surface area contributed by atoms with Gasteiger partial charge >= 0.3 is 0 Å². The molecule has 0 fully saturated rings. The zero-order valence-corrected chi connectivity index (χ0v) is 17.5. The number of pyridine rings is 2. The fourth-order valence-electron chi connectivity index (χ4n) is 3.47. The Bertz CT molecular complexity index is 939. The second kappa shape index (κ2) is 9.43. The lowest BCUT2D eigenvalue weighted by molar-refractivity contribution is 0.0723. The number of rotatable bonds is 7. The van der Waals surface area contributed by atoms with Gasteiger partial charge in [-0.25, -0.2) is 0 Å². The van der Waals surface area contributed by atoms with E-state index in [1.54, 1.807) is 11.1 Å². The smallest absolute Gasteiger partial charge is 0.254 e. The SMILES string of the molecule is CCC(c1ccccn1)N(C)C(=O)c1cccc(-c2ccc(CN(C)C)cn2)c1. The van der Waals surface area contributed by atoms with E-state index in [9.17, 15) is 4.79 Å². The first kappa shape index (κ1) is 20.7. The lowest BCUT2D eigenvalue weighted by atomic mass is 10.0. The number of amides is 1. The summed E-state index contributed by atoms with van der Waals surface area (Å²) in [5.74, 6) is -0.0198. The Morgan fingerprint density at radius 3 is 2.45 bits per heavy atom. The van der Waals surface area contributed by atoms with Crippen molar-refractivity contribution < 1.29 is 4.79 Å². The molecule has 0 bridgehead atoms. The lowest BCUT2D eigenvalue weighted by Crippen LogP contribution is -2.31. The second-order valence-corrected chi connectivity index (χ2v) is 7.46. The summed E-state index contributed by atoms with van der Waals surface area (Å²) in [5, 5.41) is 0. The minimum atomic E-state index is -0.0594. The van der Waals surface area contributed by atoms with E-state index in [4.69, 9.17) is 0 Å². The molecule has 1 atom stereocenters. The first-order chi connectivity index (χ1) is 14.0. The van der Waals surface area contributed by atoms with Crippen LogP contribution < -0.4 is 0 Å². The van der Waals surface area contributed by atoms with Gasteiger partial charge in [0.05, 0.1) is 17.4 Å². The van der Waals surface area contributed by atoms with Gasteiger partial charge in [-0.3, -0.25) is 14.8 Å². The van der Waals surface area contributed by atoms with E-state index in [1.807, 2.05) is 75.9 Å². The van der Waals surface area contributed by atoms with Crippen LogP contribution in [0.1, 0.15) is 41.0 Å². The molecule has 150 valence electrons. The monoisotopic (exact) mass is 388 g/mol. The number of nitrogens with zero attached hydrogens (tertiary/aromatic N) is 4. The average Bonchev–Trinajstić information content (AvgIpc) is 2.74. The Balaban J connectivity index is 1.82. The van der Waals surface area contributed by atoms with Crippen LogP contribution in [0.15, 0.2) is 67.0 Å². The van der Waals surface area contributed by atoms with Crippen molar-refractivity contribution in [3.8, 4) is 11.3 Å². The first-order valence-electron chi connectivity index (χ1n) is 9.87. The van der Waals surface area contributed by atoms with Gasteiger partial charge in [0.2, 0.25) is 0 Å². The molecule has 0 saturated carbocycles. The number of hydrogen-bond donors (Lipinski definition) is 0. The Hall–Kier alpha value is -3.05. The first-order valence-corrected chi connectivity index (χ1v) is 9.87. The molecule has 0 aliphatic rings. The van der Waals surface area contributed by atoms with E-state index in [0.717, 1.165) is 35.5 Å². The Morgan fingerprint density at radius 2 is 1.83 bits per heavy atom. The van der Waals surface area contributed by atoms with Gasteiger partial charge in [0, 0.05) is 37.1 Å². The number of aromatic nitrogens is 2. The molecule has 0 saturated heterocycles. The molecule has 29 heavy (non-hydrogen) atoms. The third-order valence-electron chi connectivity index (χ3n) is 4.93. The van der Waals surface area contributed by atoms with Crippen LogP contribution in [0.4, 0.5) is 0 Å². The van der Waals surface area contributed by atoms with Crippen LogP contribution in [-0.4, -0.2) is 46.8 Å². The molecular formula is C24H28N4O. The van der Waals surface area contributed by atoms with Gasteiger partial charge < -0.3 is 9.80 Å². The molecule has 2 aromatic heterocycles. The zero-order valence-electron chi connectivity index (χ0n) is 17.5. The normalized spacial score (nSPS) is 12.0. The van der Waals surface area contributed by atoms with Crippen molar-refractivity contribution in [3.63, 3.8) is 0 Å². The van der Waals surface area contributed by atoms with Gasteiger partial charge in [-0.2, -0.15) is 0 Å². The highest BCUT2D eigenvalue weighted by Gasteiger charge is 2.22. The quantitative estimate of drug-likeness (QED) is 0.601.